The highest BCUT2D eigenvalue weighted by Crippen LogP contribution is 2.25. The molecular weight excluding hydrogens is 327 g/mol. The first-order valence-corrected chi connectivity index (χ1v) is 7.39. The summed E-state index contributed by atoms with van der Waals surface area (Å²) in [5.74, 6) is -0.366. The monoisotopic (exact) mass is 344 g/mol. The fourth-order valence-corrected chi connectivity index (χ4v) is 2.02. The minimum Gasteiger partial charge on any atom is -0.497 e. The molecule has 0 N–H and O–H groups in total. The summed E-state index contributed by atoms with van der Waals surface area (Å²) in [6.45, 7) is -0.422. The van der Waals surface area contributed by atoms with Gasteiger partial charge in [0, 0.05) is 23.3 Å². The topological polar surface area (TPSA) is 61.8 Å². The van der Waals surface area contributed by atoms with Crippen LogP contribution in [0.15, 0.2) is 48.5 Å². The molecule has 0 radical (unpaired) electrons. The molecule has 0 saturated heterocycles. The standard InChI is InChI=1S/C19H17FO5/c1-23-16-9-5-14(18(11-16)24-2)6-10-19(22)25-12-17(21)13-3-7-15(20)8-4-13/h3-11H,12H2,1-2H3/b10-6+. The van der Waals surface area contributed by atoms with E-state index in [9.17, 15) is 14.0 Å². The summed E-state index contributed by atoms with van der Waals surface area (Å²) in [6, 6.07) is 10.2. The first-order chi connectivity index (χ1) is 12.0. The van der Waals surface area contributed by atoms with Crippen molar-refractivity contribution >= 4 is 17.8 Å². The number of ketones is 1. The summed E-state index contributed by atoms with van der Waals surface area (Å²) in [7, 11) is 3.05. The molecule has 0 spiro atoms. The fraction of sp³-hybridized carbons (Fsp3) is 0.158. The van der Waals surface area contributed by atoms with Crippen LogP contribution >= 0.6 is 0 Å². The Balaban J connectivity index is 1.94. The molecule has 0 unspecified atom stereocenters. The molecule has 2 rings (SSSR count). The number of ether oxygens (including phenoxy) is 3. The zero-order valence-electron chi connectivity index (χ0n) is 13.8. The van der Waals surface area contributed by atoms with Crippen molar-refractivity contribution in [1.82, 2.24) is 0 Å². The molecule has 25 heavy (non-hydrogen) atoms. The Labute approximate surface area is 144 Å². The molecule has 2 aromatic carbocycles. The molecule has 0 aliphatic heterocycles. The van der Waals surface area contributed by atoms with Gasteiger partial charge in [-0.2, -0.15) is 0 Å². The van der Waals surface area contributed by atoms with Crippen LogP contribution in [0.3, 0.4) is 0 Å². The lowest BCUT2D eigenvalue weighted by atomic mass is 10.1. The number of carbonyl (C=O) groups excluding carboxylic acids is 2. The zero-order valence-corrected chi connectivity index (χ0v) is 13.8. The van der Waals surface area contributed by atoms with Crippen LogP contribution in [0.1, 0.15) is 15.9 Å². The van der Waals surface area contributed by atoms with Gasteiger partial charge >= 0.3 is 5.97 Å². The maximum Gasteiger partial charge on any atom is 0.331 e. The molecule has 0 bridgehead atoms. The number of esters is 1. The van der Waals surface area contributed by atoms with Gasteiger partial charge in [0.15, 0.2) is 12.4 Å². The van der Waals surface area contributed by atoms with E-state index < -0.39 is 24.2 Å². The molecule has 5 nitrogen and oxygen atoms in total. The van der Waals surface area contributed by atoms with Crippen molar-refractivity contribution in [2.45, 2.75) is 0 Å². The maximum absolute atomic E-state index is 12.8. The number of benzene rings is 2. The molecule has 6 heteroatoms. The highest BCUT2D eigenvalue weighted by Gasteiger charge is 2.09. The molecule has 0 fully saturated rings. The second-order valence-corrected chi connectivity index (χ2v) is 4.98. The van der Waals surface area contributed by atoms with Gasteiger partial charge in [0.2, 0.25) is 0 Å². The molecule has 0 saturated carbocycles. The van der Waals surface area contributed by atoms with Crippen molar-refractivity contribution in [3.63, 3.8) is 0 Å². The highest BCUT2D eigenvalue weighted by atomic mass is 19.1. The third-order valence-electron chi connectivity index (χ3n) is 3.35. The molecule has 0 heterocycles. The summed E-state index contributed by atoms with van der Waals surface area (Å²) < 4.78 is 28.0. The molecule has 0 aliphatic rings. The average molecular weight is 344 g/mol. The normalized spacial score (nSPS) is 10.5. The van der Waals surface area contributed by atoms with Crippen molar-refractivity contribution in [2.24, 2.45) is 0 Å². The van der Waals surface area contributed by atoms with E-state index in [0.717, 1.165) is 0 Å². The summed E-state index contributed by atoms with van der Waals surface area (Å²) in [5, 5.41) is 0. The van der Waals surface area contributed by atoms with Gasteiger partial charge in [-0.1, -0.05) is 0 Å². The van der Waals surface area contributed by atoms with Gasteiger partial charge < -0.3 is 14.2 Å². The molecule has 0 atom stereocenters. The summed E-state index contributed by atoms with van der Waals surface area (Å²) in [4.78, 5) is 23.6. The Morgan fingerprint density at radius 1 is 1.04 bits per heavy atom. The number of carbonyl (C=O) groups is 2. The zero-order chi connectivity index (χ0) is 18.2. The number of hydrogen-bond acceptors (Lipinski definition) is 5. The Bertz CT molecular complexity index is 781. The van der Waals surface area contributed by atoms with E-state index in [4.69, 9.17) is 14.2 Å². The number of halogens is 1. The molecule has 0 aromatic heterocycles. The van der Waals surface area contributed by atoms with Crippen LogP contribution in [-0.4, -0.2) is 32.6 Å². The second-order valence-electron chi connectivity index (χ2n) is 4.98. The van der Waals surface area contributed by atoms with Gasteiger partial charge in [-0.25, -0.2) is 9.18 Å². The van der Waals surface area contributed by atoms with E-state index in [0.29, 0.717) is 17.1 Å². The summed E-state index contributed by atoms with van der Waals surface area (Å²) >= 11 is 0. The SMILES string of the molecule is COc1ccc(/C=C/C(=O)OCC(=O)c2ccc(F)cc2)c(OC)c1. The number of hydrogen-bond donors (Lipinski definition) is 0. The van der Waals surface area contributed by atoms with Crippen molar-refractivity contribution < 1.29 is 28.2 Å². The van der Waals surface area contributed by atoms with Crippen molar-refractivity contribution in [2.75, 3.05) is 20.8 Å². The van der Waals surface area contributed by atoms with E-state index in [1.54, 1.807) is 25.3 Å². The van der Waals surface area contributed by atoms with Gasteiger partial charge in [-0.15, -0.1) is 0 Å². The van der Waals surface area contributed by atoms with Crippen LogP contribution in [0.2, 0.25) is 0 Å². The van der Waals surface area contributed by atoms with E-state index in [2.05, 4.69) is 0 Å². The van der Waals surface area contributed by atoms with E-state index in [-0.39, 0.29) is 5.56 Å². The Hall–Kier alpha value is -3.15. The average Bonchev–Trinajstić information content (AvgIpc) is 2.64. The van der Waals surface area contributed by atoms with Crippen LogP contribution in [0.25, 0.3) is 6.08 Å². The lowest BCUT2D eigenvalue weighted by Gasteiger charge is -2.07. The summed E-state index contributed by atoms with van der Waals surface area (Å²) in [5.41, 5.74) is 0.931. The summed E-state index contributed by atoms with van der Waals surface area (Å²) in [6.07, 6.45) is 2.71. The van der Waals surface area contributed by atoms with Crippen LogP contribution in [-0.2, 0) is 9.53 Å². The number of rotatable bonds is 7. The van der Waals surface area contributed by atoms with Crippen molar-refractivity contribution in [1.29, 1.82) is 0 Å². The Morgan fingerprint density at radius 3 is 2.40 bits per heavy atom. The lowest BCUT2D eigenvalue weighted by molar-refractivity contribution is -0.136. The highest BCUT2D eigenvalue weighted by molar-refractivity contribution is 5.98. The lowest BCUT2D eigenvalue weighted by Crippen LogP contribution is -2.12. The van der Waals surface area contributed by atoms with Crippen LogP contribution in [0.5, 0.6) is 11.5 Å². The van der Waals surface area contributed by atoms with Gasteiger partial charge in [0.05, 0.1) is 14.2 Å². The third kappa shape index (κ3) is 5.17. The predicted octanol–water partition coefficient (Wildman–Crippen LogP) is 3.28. The third-order valence-corrected chi connectivity index (χ3v) is 3.35. The van der Waals surface area contributed by atoms with E-state index in [1.165, 1.54) is 43.5 Å². The molecule has 2 aromatic rings. The number of Topliss-reactive ketones (excluding diaryl/α,β-unsaturated/α-hetero) is 1. The quantitative estimate of drug-likeness (QED) is 0.438. The fourth-order valence-electron chi connectivity index (χ4n) is 2.02. The van der Waals surface area contributed by atoms with E-state index >= 15 is 0 Å². The predicted molar refractivity (Wildman–Crippen MR) is 90.3 cm³/mol. The minimum absolute atomic E-state index is 0.273. The van der Waals surface area contributed by atoms with Crippen LogP contribution in [0, 0.1) is 5.82 Å². The first kappa shape index (κ1) is 18.2. The molecule has 130 valence electrons. The van der Waals surface area contributed by atoms with Gasteiger partial charge in [0.25, 0.3) is 0 Å². The smallest absolute Gasteiger partial charge is 0.331 e. The largest absolute Gasteiger partial charge is 0.497 e. The molecular formula is C19H17FO5. The van der Waals surface area contributed by atoms with Gasteiger partial charge in [-0.3, -0.25) is 4.79 Å². The Kier molecular flexibility index (Phi) is 6.28. The second kappa shape index (κ2) is 8.63. The van der Waals surface area contributed by atoms with Crippen LogP contribution < -0.4 is 9.47 Å². The molecule has 0 amide bonds. The maximum atomic E-state index is 12.8. The number of methoxy groups -OCH3 is 2. The van der Waals surface area contributed by atoms with Crippen LogP contribution in [0.4, 0.5) is 4.39 Å². The van der Waals surface area contributed by atoms with Crippen molar-refractivity contribution in [3.05, 3.63) is 65.5 Å². The first-order valence-electron chi connectivity index (χ1n) is 7.39. The Morgan fingerprint density at radius 2 is 1.76 bits per heavy atom. The van der Waals surface area contributed by atoms with Crippen molar-refractivity contribution in [3.8, 4) is 11.5 Å². The van der Waals surface area contributed by atoms with Gasteiger partial charge in [0.1, 0.15) is 17.3 Å². The van der Waals surface area contributed by atoms with Gasteiger partial charge in [-0.05, 0) is 42.5 Å². The minimum atomic E-state index is -0.673. The molecule has 0 aliphatic carbocycles. The van der Waals surface area contributed by atoms with E-state index in [1.807, 2.05) is 0 Å².